The number of hydrogen-bond acceptors (Lipinski definition) is 4. The van der Waals surface area contributed by atoms with Gasteiger partial charge in [-0.3, -0.25) is 4.90 Å². The Morgan fingerprint density at radius 2 is 1.72 bits per heavy atom. The molecule has 2 N–H and O–H groups in total. The van der Waals surface area contributed by atoms with Crippen LogP contribution in [0.25, 0.3) is 0 Å². The minimum absolute atomic E-state index is 0.0307. The van der Waals surface area contributed by atoms with Gasteiger partial charge in [0, 0.05) is 26.2 Å². The monoisotopic (exact) mass is 397 g/mol. The summed E-state index contributed by atoms with van der Waals surface area (Å²) in [4.78, 5) is 14.7. The average Bonchev–Trinajstić information content (AvgIpc) is 2.78. The Kier molecular flexibility index (Phi) is 7.90. The predicted octanol–water partition coefficient (Wildman–Crippen LogP) is 3.48. The normalized spacial score (nSPS) is 15.5. The number of ether oxygens (including phenoxy) is 2. The maximum atomic E-state index is 12.3. The number of amides is 2. The number of carbonyl (C=O) groups is 1. The predicted molar refractivity (Wildman–Crippen MR) is 114 cm³/mol. The molecule has 3 rings (SSSR count). The number of morpholine rings is 1. The lowest BCUT2D eigenvalue weighted by atomic mass is 10.0. The molecule has 2 amide bonds. The fourth-order valence-electron chi connectivity index (χ4n) is 3.43. The van der Waals surface area contributed by atoms with E-state index in [1.165, 1.54) is 5.56 Å². The average molecular weight is 398 g/mol. The summed E-state index contributed by atoms with van der Waals surface area (Å²) in [7, 11) is 1.65. The van der Waals surface area contributed by atoms with Crippen molar-refractivity contribution in [2.24, 2.45) is 0 Å². The summed E-state index contributed by atoms with van der Waals surface area (Å²) in [5.74, 6) is 0.810. The molecule has 1 aliphatic heterocycles. The van der Waals surface area contributed by atoms with Crippen molar-refractivity contribution in [1.82, 2.24) is 15.5 Å². The lowest BCUT2D eigenvalue weighted by Crippen LogP contribution is -2.37. The van der Waals surface area contributed by atoms with Crippen LogP contribution in [0.4, 0.5) is 4.79 Å². The van der Waals surface area contributed by atoms with Gasteiger partial charge in [0.2, 0.25) is 0 Å². The quantitative estimate of drug-likeness (QED) is 0.716. The summed E-state index contributed by atoms with van der Waals surface area (Å²) in [5, 5.41) is 6.00. The van der Waals surface area contributed by atoms with Crippen LogP contribution in [0.1, 0.15) is 36.1 Å². The molecule has 1 aliphatic rings. The summed E-state index contributed by atoms with van der Waals surface area (Å²) in [5.41, 5.74) is 3.44. The molecule has 0 spiro atoms. The number of benzene rings is 2. The standard InChI is InChI=1S/C23H31N3O3/c1-3-22(20-8-10-21(28-2)11-9-20)25-23(27)24-16-18-4-6-19(7-5-18)17-26-12-14-29-15-13-26/h4-11,22H,3,12-17H2,1-2H3,(H2,24,25,27). The van der Waals surface area contributed by atoms with Crippen LogP contribution >= 0.6 is 0 Å². The van der Waals surface area contributed by atoms with Gasteiger partial charge in [0.25, 0.3) is 0 Å². The number of carbonyl (C=O) groups excluding carboxylic acids is 1. The van der Waals surface area contributed by atoms with Crippen LogP contribution in [-0.4, -0.2) is 44.3 Å². The van der Waals surface area contributed by atoms with Crippen LogP contribution in [0.15, 0.2) is 48.5 Å². The number of urea groups is 1. The van der Waals surface area contributed by atoms with Gasteiger partial charge in [0.1, 0.15) is 5.75 Å². The molecule has 6 heteroatoms. The summed E-state index contributed by atoms with van der Waals surface area (Å²) >= 11 is 0. The number of nitrogens with zero attached hydrogens (tertiary/aromatic N) is 1. The van der Waals surface area contributed by atoms with Crippen LogP contribution in [0.5, 0.6) is 5.75 Å². The Hall–Kier alpha value is -2.57. The van der Waals surface area contributed by atoms with Crippen molar-refractivity contribution in [1.29, 1.82) is 0 Å². The van der Waals surface area contributed by atoms with Gasteiger partial charge >= 0.3 is 6.03 Å². The first kappa shape index (κ1) is 21.1. The third-order valence-corrected chi connectivity index (χ3v) is 5.22. The minimum atomic E-state index is -0.162. The smallest absolute Gasteiger partial charge is 0.315 e. The molecule has 2 aromatic rings. The van der Waals surface area contributed by atoms with E-state index in [4.69, 9.17) is 9.47 Å². The molecule has 0 aliphatic carbocycles. The van der Waals surface area contributed by atoms with Crippen molar-refractivity contribution in [3.05, 3.63) is 65.2 Å². The molecule has 0 aromatic heterocycles. The van der Waals surface area contributed by atoms with Crippen LogP contribution < -0.4 is 15.4 Å². The number of rotatable bonds is 8. The van der Waals surface area contributed by atoms with E-state index in [1.807, 2.05) is 24.3 Å². The Balaban J connectivity index is 1.46. The van der Waals surface area contributed by atoms with Crippen LogP contribution in [0, 0.1) is 0 Å². The zero-order chi connectivity index (χ0) is 20.5. The van der Waals surface area contributed by atoms with Gasteiger partial charge in [-0.2, -0.15) is 0 Å². The zero-order valence-electron chi connectivity index (χ0n) is 17.3. The van der Waals surface area contributed by atoms with Crippen LogP contribution in [-0.2, 0) is 17.8 Å². The van der Waals surface area contributed by atoms with Gasteiger partial charge in [-0.25, -0.2) is 4.79 Å². The molecule has 1 heterocycles. The van der Waals surface area contributed by atoms with E-state index < -0.39 is 0 Å². The highest BCUT2D eigenvalue weighted by Gasteiger charge is 2.13. The van der Waals surface area contributed by atoms with E-state index in [-0.39, 0.29) is 12.1 Å². The molecular formula is C23H31N3O3. The number of hydrogen-bond donors (Lipinski definition) is 2. The van der Waals surface area contributed by atoms with E-state index in [9.17, 15) is 4.79 Å². The molecule has 1 fully saturated rings. The second kappa shape index (κ2) is 10.8. The van der Waals surface area contributed by atoms with E-state index in [1.54, 1.807) is 7.11 Å². The molecule has 0 radical (unpaired) electrons. The van der Waals surface area contributed by atoms with Gasteiger partial charge in [-0.15, -0.1) is 0 Å². The molecular weight excluding hydrogens is 366 g/mol. The highest BCUT2D eigenvalue weighted by Crippen LogP contribution is 2.20. The van der Waals surface area contributed by atoms with Crippen molar-refractivity contribution in [3.8, 4) is 5.75 Å². The summed E-state index contributed by atoms with van der Waals surface area (Å²) in [6.07, 6.45) is 0.815. The first-order valence-electron chi connectivity index (χ1n) is 10.2. The Morgan fingerprint density at radius 1 is 1.07 bits per heavy atom. The Bertz CT molecular complexity index is 756. The first-order chi connectivity index (χ1) is 14.2. The van der Waals surface area contributed by atoms with Gasteiger partial charge in [-0.1, -0.05) is 43.3 Å². The SMILES string of the molecule is CCC(NC(=O)NCc1ccc(CN2CCOCC2)cc1)c1ccc(OC)cc1. The second-order valence-corrected chi connectivity index (χ2v) is 7.27. The summed E-state index contributed by atoms with van der Waals surface area (Å²) in [6, 6.07) is 16.0. The number of nitrogens with one attached hydrogen (secondary N) is 2. The van der Waals surface area contributed by atoms with E-state index >= 15 is 0 Å². The van der Waals surface area contributed by atoms with E-state index in [0.29, 0.717) is 6.54 Å². The topological polar surface area (TPSA) is 62.8 Å². The number of methoxy groups -OCH3 is 1. The highest BCUT2D eigenvalue weighted by atomic mass is 16.5. The molecule has 1 saturated heterocycles. The fourth-order valence-corrected chi connectivity index (χ4v) is 3.43. The largest absolute Gasteiger partial charge is 0.497 e. The van der Waals surface area contributed by atoms with Crippen molar-refractivity contribution in [2.75, 3.05) is 33.4 Å². The summed E-state index contributed by atoms with van der Waals surface area (Å²) in [6.45, 7) is 7.09. The van der Waals surface area contributed by atoms with E-state index in [0.717, 1.165) is 56.1 Å². The molecule has 2 aromatic carbocycles. The lowest BCUT2D eigenvalue weighted by Gasteiger charge is -2.26. The molecule has 0 saturated carbocycles. The third kappa shape index (κ3) is 6.48. The van der Waals surface area contributed by atoms with E-state index in [2.05, 4.69) is 46.7 Å². The first-order valence-corrected chi connectivity index (χ1v) is 10.2. The lowest BCUT2D eigenvalue weighted by molar-refractivity contribution is 0.0342. The highest BCUT2D eigenvalue weighted by molar-refractivity contribution is 5.74. The molecule has 156 valence electrons. The molecule has 1 atom stereocenters. The van der Waals surface area contributed by atoms with Crippen LogP contribution in [0.2, 0.25) is 0 Å². The maximum absolute atomic E-state index is 12.3. The van der Waals surface area contributed by atoms with Crippen molar-refractivity contribution < 1.29 is 14.3 Å². The van der Waals surface area contributed by atoms with Crippen molar-refractivity contribution >= 4 is 6.03 Å². The summed E-state index contributed by atoms with van der Waals surface area (Å²) < 4.78 is 10.6. The van der Waals surface area contributed by atoms with Gasteiger partial charge in [-0.05, 0) is 35.2 Å². The van der Waals surface area contributed by atoms with Gasteiger partial charge in [0.05, 0.1) is 26.4 Å². The third-order valence-electron chi connectivity index (χ3n) is 5.22. The molecule has 0 bridgehead atoms. The molecule has 29 heavy (non-hydrogen) atoms. The molecule has 6 nitrogen and oxygen atoms in total. The zero-order valence-corrected chi connectivity index (χ0v) is 17.3. The van der Waals surface area contributed by atoms with Gasteiger partial charge < -0.3 is 20.1 Å². The Labute approximate surface area is 173 Å². The van der Waals surface area contributed by atoms with Gasteiger partial charge in [0.15, 0.2) is 0 Å². The Morgan fingerprint density at radius 3 is 2.34 bits per heavy atom. The van der Waals surface area contributed by atoms with Crippen LogP contribution in [0.3, 0.4) is 0 Å². The molecule has 1 unspecified atom stereocenters. The second-order valence-electron chi connectivity index (χ2n) is 7.27. The maximum Gasteiger partial charge on any atom is 0.315 e. The van der Waals surface area contributed by atoms with Crippen molar-refractivity contribution in [2.45, 2.75) is 32.5 Å². The minimum Gasteiger partial charge on any atom is -0.497 e. The van der Waals surface area contributed by atoms with Crippen molar-refractivity contribution in [3.63, 3.8) is 0 Å². The fraction of sp³-hybridized carbons (Fsp3) is 0.435.